The lowest BCUT2D eigenvalue weighted by Gasteiger charge is -2.28. The van der Waals surface area contributed by atoms with Gasteiger partial charge in [-0.05, 0) is 38.5 Å². The number of allylic oxidation sites excluding steroid dienone is 2. The summed E-state index contributed by atoms with van der Waals surface area (Å²) in [4.78, 5) is 14.5. The van der Waals surface area contributed by atoms with Crippen molar-refractivity contribution in [3.05, 3.63) is 46.7 Å². The zero-order valence-corrected chi connectivity index (χ0v) is 17.2. The topological polar surface area (TPSA) is 122 Å². The second-order valence-electron chi connectivity index (χ2n) is 6.22. The molecule has 8 nitrogen and oxygen atoms in total. The molecule has 1 aliphatic heterocycles. The number of hydrogen-bond acceptors (Lipinski definition) is 7. The minimum absolute atomic E-state index is 0.00838. The van der Waals surface area contributed by atoms with Crippen LogP contribution in [-0.4, -0.2) is 38.5 Å². The van der Waals surface area contributed by atoms with Gasteiger partial charge in [-0.3, -0.25) is 4.79 Å². The first-order valence-corrected chi connectivity index (χ1v) is 9.63. The van der Waals surface area contributed by atoms with E-state index in [4.69, 9.17) is 20.0 Å². The maximum Gasteiger partial charge on any atom is 0.257 e. The summed E-state index contributed by atoms with van der Waals surface area (Å²) in [6.45, 7) is 8.21. The molecule has 0 fully saturated rings. The molecule has 0 atom stereocenters. The van der Waals surface area contributed by atoms with Crippen molar-refractivity contribution in [2.24, 2.45) is 0 Å². The Morgan fingerprint density at radius 2 is 1.67 bits per heavy atom. The highest BCUT2D eigenvalue weighted by atomic mass is 16.7. The fourth-order valence-electron chi connectivity index (χ4n) is 3.15. The highest BCUT2D eigenvalue weighted by Crippen LogP contribution is 2.31. The molecule has 1 aromatic carbocycles. The number of carbonyl (C=O) groups is 1. The summed E-state index contributed by atoms with van der Waals surface area (Å²) in [6, 6.07) is 12.5. The average Bonchev–Trinajstić information content (AvgIpc) is 3.09. The molecule has 0 spiro atoms. The van der Waals surface area contributed by atoms with Crippen LogP contribution >= 0.6 is 0 Å². The van der Waals surface area contributed by atoms with Crippen molar-refractivity contribution in [1.29, 1.82) is 15.8 Å². The summed E-state index contributed by atoms with van der Waals surface area (Å²) in [5.74, 6) is -0.516. The third kappa shape index (κ3) is 4.85. The maximum atomic E-state index is 12.4. The highest BCUT2D eigenvalue weighted by molar-refractivity contribution is 6.26. The van der Waals surface area contributed by atoms with E-state index in [1.54, 1.807) is 24.3 Å². The van der Waals surface area contributed by atoms with Crippen LogP contribution in [0.25, 0.3) is 5.57 Å². The summed E-state index contributed by atoms with van der Waals surface area (Å²) in [5.41, 5.74) is 1.23. The van der Waals surface area contributed by atoms with E-state index < -0.39 is 5.91 Å². The molecule has 1 amide bonds. The van der Waals surface area contributed by atoms with Crippen LogP contribution in [0.5, 0.6) is 0 Å². The Labute approximate surface area is 176 Å². The van der Waals surface area contributed by atoms with Crippen LogP contribution in [0.4, 0.5) is 5.69 Å². The largest absolute Gasteiger partial charge is 0.367 e. The van der Waals surface area contributed by atoms with Gasteiger partial charge in [0, 0.05) is 25.4 Å². The normalized spacial score (nSPS) is 13.0. The Bertz CT molecular complexity index is 952. The monoisotopic (exact) mass is 405 g/mol. The molecule has 0 bridgehead atoms. The first kappa shape index (κ1) is 22.6. The van der Waals surface area contributed by atoms with Gasteiger partial charge in [0.1, 0.15) is 18.2 Å². The molecule has 0 saturated carbocycles. The first-order chi connectivity index (χ1) is 14.5. The lowest BCUT2D eigenvalue weighted by molar-refractivity contribution is -0.129. The summed E-state index contributed by atoms with van der Waals surface area (Å²) in [7, 11) is 0. The van der Waals surface area contributed by atoms with Crippen molar-refractivity contribution in [2.75, 3.05) is 31.2 Å². The Morgan fingerprint density at radius 3 is 2.13 bits per heavy atom. The van der Waals surface area contributed by atoms with Gasteiger partial charge in [0.25, 0.3) is 5.91 Å². The Morgan fingerprint density at radius 1 is 1.07 bits per heavy atom. The van der Waals surface area contributed by atoms with E-state index >= 15 is 0 Å². The fraction of sp³-hybridized carbons (Fsp3) is 0.364. The summed E-state index contributed by atoms with van der Waals surface area (Å²) in [5, 5.41) is 30.1. The van der Waals surface area contributed by atoms with Gasteiger partial charge in [-0.25, -0.2) is 0 Å². The zero-order valence-electron chi connectivity index (χ0n) is 17.2. The quantitative estimate of drug-likeness (QED) is 0.495. The fourth-order valence-corrected chi connectivity index (χ4v) is 3.15. The molecule has 1 aromatic rings. The Kier molecular flexibility index (Phi) is 8.14. The van der Waals surface area contributed by atoms with E-state index in [-0.39, 0.29) is 28.7 Å². The van der Waals surface area contributed by atoms with Gasteiger partial charge in [0.15, 0.2) is 11.9 Å². The lowest BCUT2D eigenvalue weighted by Crippen LogP contribution is -2.35. The minimum Gasteiger partial charge on any atom is -0.367 e. The number of likely N-dealkylation sites (N-methyl/N-ethyl adjacent to an activating group) is 1. The van der Waals surface area contributed by atoms with Crippen LogP contribution in [0.1, 0.15) is 26.3 Å². The van der Waals surface area contributed by atoms with Gasteiger partial charge in [-0.2, -0.15) is 15.8 Å². The van der Waals surface area contributed by atoms with Crippen LogP contribution in [-0.2, 0) is 14.3 Å². The van der Waals surface area contributed by atoms with Crippen LogP contribution in [0.2, 0.25) is 0 Å². The SMILES string of the molecule is CCOC(CN(CC)c1ccc(C2=C(C#N)C(=C(C#N)C#N)NC2=O)cc1)OCC. The smallest absolute Gasteiger partial charge is 0.257 e. The number of amides is 1. The average molecular weight is 405 g/mol. The molecule has 8 heteroatoms. The third-order valence-electron chi connectivity index (χ3n) is 4.53. The van der Waals surface area contributed by atoms with Crippen molar-refractivity contribution >= 4 is 17.2 Å². The van der Waals surface area contributed by atoms with E-state index in [0.717, 1.165) is 12.2 Å². The molecule has 154 valence electrons. The van der Waals surface area contributed by atoms with E-state index in [0.29, 0.717) is 25.3 Å². The van der Waals surface area contributed by atoms with Crippen LogP contribution in [0, 0.1) is 34.0 Å². The number of nitrogens with zero attached hydrogens (tertiary/aromatic N) is 4. The van der Waals surface area contributed by atoms with E-state index in [1.807, 2.05) is 39.0 Å². The maximum absolute atomic E-state index is 12.4. The summed E-state index contributed by atoms with van der Waals surface area (Å²) >= 11 is 0. The van der Waals surface area contributed by atoms with Crippen LogP contribution in [0.3, 0.4) is 0 Å². The highest BCUT2D eigenvalue weighted by Gasteiger charge is 2.31. The number of anilines is 1. The number of nitrogens with one attached hydrogen (secondary N) is 1. The molecule has 1 N–H and O–H groups in total. The van der Waals surface area contributed by atoms with Crippen molar-refractivity contribution in [1.82, 2.24) is 5.32 Å². The Balaban J connectivity index is 2.36. The summed E-state index contributed by atoms with van der Waals surface area (Å²) in [6.07, 6.45) is -0.351. The van der Waals surface area contributed by atoms with Crippen molar-refractivity contribution in [3.8, 4) is 18.2 Å². The molecule has 0 aromatic heterocycles. The van der Waals surface area contributed by atoms with Crippen LogP contribution < -0.4 is 10.2 Å². The number of ether oxygens (including phenoxy) is 2. The molecular weight excluding hydrogens is 382 g/mol. The van der Waals surface area contributed by atoms with E-state index in [9.17, 15) is 10.1 Å². The number of benzene rings is 1. The number of hydrogen-bond donors (Lipinski definition) is 1. The van der Waals surface area contributed by atoms with Gasteiger partial charge in [0.2, 0.25) is 0 Å². The molecule has 30 heavy (non-hydrogen) atoms. The molecule has 1 aliphatic rings. The third-order valence-corrected chi connectivity index (χ3v) is 4.53. The molecule has 0 aliphatic carbocycles. The van der Waals surface area contributed by atoms with Gasteiger partial charge in [-0.1, -0.05) is 12.1 Å². The minimum atomic E-state index is -0.516. The van der Waals surface area contributed by atoms with Crippen LogP contribution in [0.15, 0.2) is 41.1 Å². The predicted molar refractivity (Wildman–Crippen MR) is 110 cm³/mol. The lowest BCUT2D eigenvalue weighted by atomic mass is 9.99. The zero-order chi connectivity index (χ0) is 22.1. The van der Waals surface area contributed by atoms with E-state index in [2.05, 4.69) is 10.2 Å². The second-order valence-corrected chi connectivity index (χ2v) is 6.22. The van der Waals surface area contributed by atoms with Crippen molar-refractivity contribution in [2.45, 2.75) is 27.1 Å². The van der Waals surface area contributed by atoms with Crippen molar-refractivity contribution < 1.29 is 14.3 Å². The molecule has 0 saturated heterocycles. The molecule has 0 unspecified atom stereocenters. The molecular formula is C22H23N5O3. The second kappa shape index (κ2) is 10.8. The van der Waals surface area contributed by atoms with Crippen molar-refractivity contribution in [3.63, 3.8) is 0 Å². The number of carbonyl (C=O) groups excluding carboxylic acids is 1. The van der Waals surface area contributed by atoms with Gasteiger partial charge < -0.3 is 19.7 Å². The number of nitriles is 3. The van der Waals surface area contributed by atoms with E-state index in [1.165, 1.54) is 0 Å². The van der Waals surface area contributed by atoms with Gasteiger partial charge in [0.05, 0.1) is 23.4 Å². The molecule has 2 rings (SSSR count). The molecule has 0 radical (unpaired) electrons. The van der Waals surface area contributed by atoms with Gasteiger partial charge >= 0.3 is 0 Å². The van der Waals surface area contributed by atoms with Gasteiger partial charge in [-0.15, -0.1) is 0 Å². The molecule has 1 heterocycles. The number of rotatable bonds is 9. The Hall–Kier alpha value is -3.64. The standard InChI is InChI=1S/C22H23N5O3/c1-4-27(14-19(29-5-2)30-6-3)17-9-7-15(8-10-17)20-18(13-25)21(26-22(20)28)16(11-23)12-24/h7-10,19H,4-6,14H2,1-3H3,(H,26,28). The first-order valence-electron chi connectivity index (χ1n) is 9.63. The predicted octanol–water partition coefficient (Wildman–Crippen LogP) is 2.62. The summed E-state index contributed by atoms with van der Waals surface area (Å²) < 4.78 is 11.2.